The fourth-order valence-electron chi connectivity index (χ4n) is 6.27. The molecule has 3 N–H and O–H groups in total. The Balaban J connectivity index is 0.00000353. The molecule has 2 fully saturated rings. The highest BCUT2D eigenvalue weighted by Gasteiger charge is 2.29. The van der Waals surface area contributed by atoms with Crippen molar-refractivity contribution < 1.29 is 19.1 Å². The number of hydrogen-bond donors (Lipinski definition) is 3. The van der Waals surface area contributed by atoms with Crippen LogP contribution < -0.4 is 10.1 Å². The van der Waals surface area contributed by atoms with Crippen molar-refractivity contribution >= 4 is 51.8 Å². The normalized spacial score (nSPS) is 21.3. The maximum Gasteiger partial charge on any atom is 0.267 e. The Morgan fingerprint density at radius 3 is 2.76 bits per heavy atom. The Hall–Kier alpha value is -2.75. The van der Waals surface area contributed by atoms with Crippen molar-refractivity contribution in [3.8, 4) is 5.75 Å². The van der Waals surface area contributed by atoms with Crippen molar-refractivity contribution in [2.45, 2.75) is 57.9 Å². The Morgan fingerprint density at radius 1 is 1.17 bits per heavy atom. The van der Waals surface area contributed by atoms with Gasteiger partial charge < -0.3 is 29.5 Å². The number of nitrogens with zero attached hydrogens (tertiary/aromatic N) is 2. The van der Waals surface area contributed by atoms with Crippen molar-refractivity contribution in [1.29, 1.82) is 0 Å². The molecule has 2 aliphatic rings. The smallest absolute Gasteiger partial charge is 0.267 e. The zero-order valence-corrected chi connectivity index (χ0v) is 25.7. The van der Waals surface area contributed by atoms with E-state index in [1.54, 1.807) is 12.3 Å². The fourth-order valence-corrected chi connectivity index (χ4v) is 6.45. The minimum atomic E-state index is -0.169. The summed E-state index contributed by atoms with van der Waals surface area (Å²) in [6.07, 6.45) is 4.26. The van der Waals surface area contributed by atoms with E-state index in [4.69, 9.17) is 20.8 Å². The van der Waals surface area contributed by atoms with E-state index in [1.165, 1.54) is 0 Å². The van der Waals surface area contributed by atoms with Crippen molar-refractivity contribution in [1.82, 2.24) is 20.1 Å². The Morgan fingerprint density at radius 2 is 1.98 bits per heavy atom. The second kappa shape index (κ2) is 13.3. The van der Waals surface area contributed by atoms with Crippen molar-refractivity contribution in [2.75, 3.05) is 32.7 Å². The first-order chi connectivity index (χ1) is 19.8. The SMILES string of the molecule is C[C@H]1CN([C@@H](C)CN2CCC(NC(=O)c3cc4c(OCc5coc6ccc(Cl)cc56)cccc4[nH]3)CC2)CC[C@@H]1O.Cl. The molecule has 226 valence electrons. The largest absolute Gasteiger partial charge is 0.488 e. The number of H-pyrrole nitrogens is 1. The highest BCUT2D eigenvalue weighted by molar-refractivity contribution is 6.31. The van der Waals surface area contributed by atoms with Gasteiger partial charge in [-0.3, -0.25) is 9.69 Å². The van der Waals surface area contributed by atoms with Crippen LogP contribution in [0.15, 0.2) is 53.1 Å². The number of aliphatic hydroxyl groups excluding tert-OH is 1. The van der Waals surface area contributed by atoms with Crippen LogP contribution in [0.5, 0.6) is 5.75 Å². The molecule has 0 aliphatic carbocycles. The van der Waals surface area contributed by atoms with E-state index in [0.717, 1.165) is 79.4 Å². The van der Waals surface area contributed by atoms with Gasteiger partial charge in [0, 0.05) is 71.7 Å². The Kier molecular flexibility index (Phi) is 9.70. The molecule has 2 aromatic heterocycles. The molecule has 0 spiro atoms. The van der Waals surface area contributed by atoms with Gasteiger partial charge in [-0.1, -0.05) is 24.6 Å². The van der Waals surface area contributed by atoms with Crippen LogP contribution in [0.25, 0.3) is 21.9 Å². The number of aromatic nitrogens is 1. The lowest BCUT2D eigenvalue weighted by atomic mass is 9.95. The molecule has 8 nitrogen and oxygen atoms in total. The number of ether oxygens (including phenoxy) is 1. The third kappa shape index (κ3) is 6.74. The first kappa shape index (κ1) is 30.7. The third-order valence-electron chi connectivity index (χ3n) is 8.83. The first-order valence-corrected chi connectivity index (χ1v) is 15.1. The number of halogens is 2. The number of amides is 1. The molecule has 2 aliphatic heterocycles. The van der Waals surface area contributed by atoms with Gasteiger partial charge in [-0.25, -0.2) is 0 Å². The van der Waals surface area contributed by atoms with Crippen molar-refractivity contribution in [3.63, 3.8) is 0 Å². The van der Waals surface area contributed by atoms with Gasteiger partial charge in [-0.05, 0) is 68.5 Å². The zero-order valence-electron chi connectivity index (χ0n) is 24.1. The lowest BCUT2D eigenvalue weighted by Crippen LogP contribution is -2.52. The van der Waals surface area contributed by atoms with E-state index in [0.29, 0.717) is 35.0 Å². The molecule has 0 radical (unpaired) electrons. The molecule has 0 unspecified atom stereocenters. The van der Waals surface area contributed by atoms with Crippen LogP contribution in [0.3, 0.4) is 0 Å². The fraction of sp³-hybridized carbons (Fsp3) is 0.469. The number of nitrogens with one attached hydrogen (secondary N) is 2. The summed E-state index contributed by atoms with van der Waals surface area (Å²) in [4.78, 5) is 21.5. The Labute approximate surface area is 257 Å². The molecule has 6 rings (SSSR count). The topological polar surface area (TPSA) is 94.0 Å². The summed E-state index contributed by atoms with van der Waals surface area (Å²) >= 11 is 6.17. The van der Waals surface area contributed by atoms with Gasteiger partial charge in [0.2, 0.25) is 0 Å². The second-order valence-corrected chi connectivity index (χ2v) is 12.3. The number of likely N-dealkylation sites (tertiary alicyclic amines) is 2. The highest BCUT2D eigenvalue weighted by atomic mass is 35.5. The van der Waals surface area contributed by atoms with Gasteiger partial charge >= 0.3 is 0 Å². The van der Waals surface area contributed by atoms with Crippen LogP contribution in [0.1, 0.15) is 49.2 Å². The minimum Gasteiger partial charge on any atom is -0.488 e. The van der Waals surface area contributed by atoms with E-state index < -0.39 is 0 Å². The molecule has 4 aromatic rings. The monoisotopic (exact) mass is 614 g/mol. The number of furan rings is 1. The number of rotatable bonds is 8. The summed E-state index contributed by atoms with van der Waals surface area (Å²) in [5.41, 5.74) is 3.08. The molecule has 2 saturated heterocycles. The molecular weight excluding hydrogens is 575 g/mol. The summed E-state index contributed by atoms with van der Waals surface area (Å²) in [6, 6.07) is 13.8. The van der Waals surface area contributed by atoms with Gasteiger partial charge in [0.1, 0.15) is 23.6 Å². The first-order valence-electron chi connectivity index (χ1n) is 14.7. The van der Waals surface area contributed by atoms with E-state index in [2.05, 4.69) is 33.9 Å². The zero-order chi connectivity index (χ0) is 28.5. The van der Waals surface area contributed by atoms with Crippen LogP contribution >= 0.6 is 24.0 Å². The van der Waals surface area contributed by atoms with E-state index in [9.17, 15) is 9.90 Å². The van der Waals surface area contributed by atoms with E-state index in [1.807, 2.05) is 36.4 Å². The molecule has 0 bridgehead atoms. The number of fused-ring (bicyclic) bond motifs is 2. The average Bonchev–Trinajstić information content (AvgIpc) is 3.59. The van der Waals surface area contributed by atoms with Gasteiger partial charge in [-0.2, -0.15) is 0 Å². The van der Waals surface area contributed by atoms with Gasteiger partial charge in [0.15, 0.2) is 0 Å². The molecule has 2 aromatic carbocycles. The number of piperidine rings is 2. The number of hydrogen-bond acceptors (Lipinski definition) is 6. The molecule has 3 atom stereocenters. The molecule has 42 heavy (non-hydrogen) atoms. The number of benzene rings is 2. The van der Waals surface area contributed by atoms with Gasteiger partial charge in [0.05, 0.1) is 12.4 Å². The van der Waals surface area contributed by atoms with Crippen molar-refractivity contribution in [3.05, 3.63) is 65.0 Å². The average molecular weight is 616 g/mol. The van der Waals surface area contributed by atoms with Crippen LogP contribution in [-0.4, -0.2) is 76.7 Å². The summed E-state index contributed by atoms with van der Waals surface area (Å²) in [6.45, 7) is 9.65. The maximum absolute atomic E-state index is 13.2. The summed E-state index contributed by atoms with van der Waals surface area (Å²) < 4.78 is 11.8. The number of aromatic amines is 1. The van der Waals surface area contributed by atoms with Crippen LogP contribution in [0, 0.1) is 5.92 Å². The Bertz CT molecular complexity index is 1510. The predicted octanol–water partition coefficient (Wildman–Crippen LogP) is 5.85. The van der Waals surface area contributed by atoms with Crippen LogP contribution in [0.4, 0.5) is 0 Å². The lowest BCUT2D eigenvalue weighted by molar-refractivity contribution is 0.0115. The molecule has 1 amide bonds. The standard InChI is InChI=1S/C32H39ClN4O4.ClH/c1-20-16-37(13-10-29(20)38)21(2)17-36-11-8-24(9-12-36)34-32(39)28-15-26-27(35-28)4-3-5-30(26)40-18-22-19-41-31-7-6-23(33)14-25(22)31;/h3-7,14-15,19-21,24,29,35,38H,8-13,16-18H2,1-2H3,(H,34,39);1H/t20-,21-,29-;/m0./s1. The number of carbonyl (C=O) groups excluding carboxylic acids is 1. The van der Waals surface area contributed by atoms with Crippen LogP contribution in [-0.2, 0) is 6.61 Å². The second-order valence-electron chi connectivity index (χ2n) is 11.8. The maximum atomic E-state index is 13.2. The molecule has 0 saturated carbocycles. The molecule has 4 heterocycles. The van der Waals surface area contributed by atoms with Gasteiger partial charge in [0.25, 0.3) is 5.91 Å². The predicted molar refractivity (Wildman–Crippen MR) is 169 cm³/mol. The molecule has 10 heteroatoms. The summed E-state index contributed by atoms with van der Waals surface area (Å²) in [5.74, 6) is 0.945. The van der Waals surface area contributed by atoms with Gasteiger partial charge in [-0.15, -0.1) is 12.4 Å². The third-order valence-corrected chi connectivity index (χ3v) is 9.06. The van der Waals surface area contributed by atoms with E-state index >= 15 is 0 Å². The number of aliphatic hydroxyl groups is 1. The number of carbonyl (C=O) groups is 1. The minimum absolute atomic E-state index is 0. The summed E-state index contributed by atoms with van der Waals surface area (Å²) in [7, 11) is 0. The summed E-state index contributed by atoms with van der Waals surface area (Å²) in [5, 5.41) is 15.7. The van der Waals surface area contributed by atoms with E-state index in [-0.39, 0.29) is 30.5 Å². The lowest BCUT2D eigenvalue weighted by Gasteiger charge is -2.41. The van der Waals surface area contributed by atoms with Crippen LogP contribution in [0.2, 0.25) is 5.02 Å². The highest BCUT2D eigenvalue weighted by Crippen LogP contribution is 2.30. The van der Waals surface area contributed by atoms with Crippen molar-refractivity contribution in [2.24, 2.45) is 5.92 Å². The quantitative estimate of drug-likeness (QED) is 0.230. The molecular formula is C32H40Cl2N4O4.